The molecular weight excluding hydrogens is 184 g/mol. The molecule has 2 heteroatoms. The average Bonchev–Trinajstić information content (AvgIpc) is 2.09. The highest BCUT2D eigenvalue weighted by Crippen LogP contribution is 2.12. The van der Waals surface area contributed by atoms with Crippen LogP contribution in [0.4, 0.5) is 0 Å². The van der Waals surface area contributed by atoms with Crippen LogP contribution in [0.2, 0.25) is 0 Å². The standard InChI is InChI=1S/C9H11ClO.C2H6/c1-4-6-9(10)8(5-2)7(3)11;1-2/h4-6H,2H2,1,3H3;1-2H3/b6-4-,9-8-;. The second kappa shape index (κ2) is 9.27. The van der Waals surface area contributed by atoms with E-state index in [0.717, 1.165) is 0 Å². The highest BCUT2D eigenvalue weighted by atomic mass is 35.5. The molecule has 13 heavy (non-hydrogen) atoms. The molecule has 0 aliphatic carbocycles. The van der Waals surface area contributed by atoms with Crippen LogP contribution in [0, 0.1) is 0 Å². The molecule has 0 N–H and O–H groups in total. The Balaban J connectivity index is 0. The van der Waals surface area contributed by atoms with Crippen LogP contribution in [0.5, 0.6) is 0 Å². The van der Waals surface area contributed by atoms with Gasteiger partial charge in [-0.3, -0.25) is 4.79 Å². The predicted octanol–water partition coefficient (Wildman–Crippen LogP) is 3.86. The first-order chi connectivity index (χ1) is 6.13. The minimum atomic E-state index is -0.0666. The molecule has 0 heterocycles. The average molecular weight is 201 g/mol. The summed E-state index contributed by atoms with van der Waals surface area (Å²) in [6, 6.07) is 0. The van der Waals surface area contributed by atoms with Crippen molar-refractivity contribution < 1.29 is 4.79 Å². The SMILES string of the molecule is C=C/C(C(C)=O)=C(Cl)\C=C/C.CC. The van der Waals surface area contributed by atoms with E-state index in [-0.39, 0.29) is 5.78 Å². The fourth-order valence-corrected chi connectivity index (χ4v) is 0.982. The van der Waals surface area contributed by atoms with Gasteiger partial charge in [0.25, 0.3) is 0 Å². The summed E-state index contributed by atoms with van der Waals surface area (Å²) in [4.78, 5) is 10.8. The summed E-state index contributed by atoms with van der Waals surface area (Å²) in [7, 11) is 0. The van der Waals surface area contributed by atoms with Crippen LogP contribution >= 0.6 is 11.6 Å². The van der Waals surface area contributed by atoms with E-state index in [2.05, 4.69) is 6.58 Å². The van der Waals surface area contributed by atoms with E-state index in [9.17, 15) is 4.79 Å². The van der Waals surface area contributed by atoms with Crippen LogP contribution in [0.1, 0.15) is 27.7 Å². The maximum absolute atomic E-state index is 10.8. The van der Waals surface area contributed by atoms with E-state index >= 15 is 0 Å². The molecule has 1 nitrogen and oxygen atoms in total. The van der Waals surface area contributed by atoms with Crippen molar-refractivity contribution in [2.75, 3.05) is 0 Å². The lowest BCUT2D eigenvalue weighted by atomic mass is 10.1. The molecule has 0 amide bonds. The molecule has 0 fully saturated rings. The van der Waals surface area contributed by atoms with Crippen molar-refractivity contribution in [3.05, 3.63) is 35.4 Å². The summed E-state index contributed by atoms with van der Waals surface area (Å²) < 4.78 is 0. The normalized spacial score (nSPS) is 11.5. The van der Waals surface area contributed by atoms with Gasteiger partial charge in [-0.15, -0.1) is 0 Å². The van der Waals surface area contributed by atoms with Gasteiger partial charge in [-0.25, -0.2) is 0 Å². The molecule has 0 bridgehead atoms. The lowest BCUT2D eigenvalue weighted by Crippen LogP contribution is -1.93. The number of halogens is 1. The van der Waals surface area contributed by atoms with E-state index in [1.165, 1.54) is 13.0 Å². The minimum Gasteiger partial charge on any atom is -0.294 e. The van der Waals surface area contributed by atoms with Crippen molar-refractivity contribution in [1.29, 1.82) is 0 Å². The van der Waals surface area contributed by atoms with Crippen LogP contribution in [-0.4, -0.2) is 5.78 Å². The van der Waals surface area contributed by atoms with Crippen molar-refractivity contribution in [3.8, 4) is 0 Å². The summed E-state index contributed by atoms with van der Waals surface area (Å²) in [5, 5.41) is 0.440. The Hall–Kier alpha value is -0.820. The number of hydrogen-bond donors (Lipinski definition) is 0. The summed E-state index contributed by atoms with van der Waals surface area (Å²) in [5.74, 6) is -0.0666. The molecule has 0 rings (SSSR count). The monoisotopic (exact) mass is 200 g/mol. The number of carbonyl (C=O) groups excluding carboxylic acids is 1. The van der Waals surface area contributed by atoms with Crippen molar-refractivity contribution in [3.63, 3.8) is 0 Å². The molecule has 0 spiro atoms. The van der Waals surface area contributed by atoms with Gasteiger partial charge in [0.1, 0.15) is 0 Å². The topological polar surface area (TPSA) is 17.1 Å². The zero-order valence-corrected chi connectivity index (χ0v) is 9.48. The van der Waals surface area contributed by atoms with Gasteiger partial charge in [-0.2, -0.15) is 0 Å². The molecule has 0 saturated carbocycles. The Labute approximate surface area is 85.8 Å². The Morgan fingerprint density at radius 3 is 2.08 bits per heavy atom. The summed E-state index contributed by atoms with van der Waals surface area (Å²) in [5.41, 5.74) is 0.463. The zero-order chi connectivity index (χ0) is 10.9. The Kier molecular flexibility index (Phi) is 10.5. The number of rotatable bonds is 3. The maximum atomic E-state index is 10.8. The predicted molar refractivity (Wildman–Crippen MR) is 59.9 cm³/mol. The third-order valence-corrected chi connectivity index (χ3v) is 1.48. The molecule has 0 aromatic heterocycles. The lowest BCUT2D eigenvalue weighted by molar-refractivity contribution is -0.113. The molecule has 0 radical (unpaired) electrons. The van der Waals surface area contributed by atoms with Crippen LogP contribution in [-0.2, 0) is 4.79 Å². The van der Waals surface area contributed by atoms with Gasteiger partial charge in [0, 0.05) is 5.57 Å². The maximum Gasteiger partial charge on any atom is 0.161 e. The number of carbonyl (C=O) groups is 1. The quantitative estimate of drug-likeness (QED) is 0.500. The first-order valence-corrected chi connectivity index (χ1v) is 4.67. The Bertz CT molecular complexity index is 224. The summed E-state index contributed by atoms with van der Waals surface area (Å²) >= 11 is 5.74. The van der Waals surface area contributed by atoms with Crippen LogP contribution in [0.3, 0.4) is 0 Å². The van der Waals surface area contributed by atoms with E-state index in [1.54, 1.807) is 12.2 Å². The number of Topliss-reactive ketones (excluding diaryl/α,β-unsaturated/α-hetero) is 1. The molecule has 0 saturated heterocycles. The largest absolute Gasteiger partial charge is 0.294 e. The van der Waals surface area contributed by atoms with E-state index in [4.69, 9.17) is 11.6 Å². The fourth-order valence-electron chi connectivity index (χ4n) is 0.646. The molecule has 0 aliphatic heterocycles. The molecule has 0 aromatic rings. The highest BCUT2D eigenvalue weighted by molar-refractivity contribution is 6.33. The van der Waals surface area contributed by atoms with Gasteiger partial charge in [-0.1, -0.05) is 44.2 Å². The minimum absolute atomic E-state index is 0.0666. The van der Waals surface area contributed by atoms with Crippen molar-refractivity contribution in [2.45, 2.75) is 27.7 Å². The lowest BCUT2D eigenvalue weighted by Gasteiger charge is -1.95. The second-order valence-corrected chi connectivity index (χ2v) is 2.43. The first-order valence-electron chi connectivity index (χ1n) is 4.29. The number of allylic oxidation sites excluding steroid dienone is 5. The van der Waals surface area contributed by atoms with Crippen molar-refractivity contribution in [1.82, 2.24) is 0 Å². The van der Waals surface area contributed by atoms with Gasteiger partial charge in [-0.05, 0) is 19.9 Å². The van der Waals surface area contributed by atoms with Gasteiger partial charge >= 0.3 is 0 Å². The van der Waals surface area contributed by atoms with E-state index < -0.39 is 0 Å². The molecular formula is C11H17ClO. The third kappa shape index (κ3) is 6.35. The second-order valence-electron chi connectivity index (χ2n) is 2.02. The van der Waals surface area contributed by atoms with Crippen molar-refractivity contribution in [2.24, 2.45) is 0 Å². The summed E-state index contributed by atoms with van der Waals surface area (Å²) in [6.45, 7) is 10.8. The highest BCUT2D eigenvalue weighted by Gasteiger charge is 2.02. The molecule has 0 aromatic carbocycles. The third-order valence-electron chi connectivity index (χ3n) is 1.15. The zero-order valence-electron chi connectivity index (χ0n) is 8.73. The molecule has 0 aliphatic rings. The van der Waals surface area contributed by atoms with E-state index in [1.807, 2.05) is 20.8 Å². The van der Waals surface area contributed by atoms with Gasteiger partial charge in [0.15, 0.2) is 5.78 Å². The molecule has 0 unspecified atom stereocenters. The van der Waals surface area contributed by atoms with Gasteiger partial charge in [0.2, 0.25) is 0 Å². The summed E-state index contributed by atoms with van der Waals surface area (Å²) in [6.07, 6.45) is 4.90. The van der Waals surface area contributed by atoms with E-state index in [0.29, 0.717) is 10.6 Å². The molecule has 0 atom stereocenters. The Morgan fingerprint density at radius 1 is 1.38 bits per heavy atom. The van der Waals surface area contributed by atoms with Gasteiger partial charge < -0.3 is 0 Å². The number of hydrogen-bond acceptors (Lipinski definition) is 1. The van der Waals surface area contributed by atoms with Crippen LogP contribution in [0.15, 0.2) is 35.4 Å². The fraction of sp³-hybridized carbons (Fsp3) is 0.364. The van der Waals surface area contributed by atoms with Gasteiger partial charge in [0.05, 0.1) is 5.03 Å². The van der Waals surface area contributed by atoms with Crippen LogP contribution < -0.4 is 0 Å². The molecule has 74 valence electrons. The number of ketones is 1. The smallest absolute Gasteiger partial charge is 0.161 e. The Morgan fingerprint density at radius 2 is 1.85 bits per heavy atom. The first kappa shape index (κ1) is 14.7. The van der Waals surface area contributed by atoms with Crippen molar-refractivity contribution >= 4 is 17.4 Å². The van der Waals surface area contributed by atoms with Crippen LogP contribution in [0.25, 0.3) is 0 Å².